The van der Waals surface area contributed by atoms with Crippen molar-refractivity contribution < 1.29 is 18.0 Å². The van der Waals surface area contributed by atoms with Crippen molar-refractivity contribution in [2.75, 3.05) is 6.54 Å². The van der Waals surface area contributed by atoms with Crippen LogP contribution in [0.15, 0.2) is 24.3 Å². The van der Waals surface area contributed by atoms with Crippen molar-refractivity contribution in [3.63, 3.8) is 0 Å². The average molecular weight is 271 g/mol. The van der Waals surface area contributed by atoms with Crippen LogP contribution in [0, 0.1) is 0 Å². The first-order chi connectivity index (χ1) is 8.89. The zero-order valence-electron chi connectivity index (χ0n) is 10.7. The second-order valence-corrected chi connectivity index (χ2v) is 4.92. The van der Waals surface area contributed by atoms with Gasteiger partial charge in [-0.3, -0.25) is 4.79 Å². The highest BCUT2D eigenvalue weighted by Gasteiger charge is 2.31. The van der Waals surface area contributed by atoms with E-state index < -0.39 is 11.7 Å². The van der Waals surface area contributed by atoms with Crippen molar-refractivity contribution in [3.05, 3.63) is 35.4 Å². The van der Waals surface area contributed by atoms with Gasteiger partial charge in [-0.2, -0.15) is 13.2 Å². The largest absolute Gasteiger partial charge is 0.416 e. The van der Waals surface area contributed by atoms with E-state index in [4.69, 9.17) is 0 Å². The summed E-state index contributed by atoms with van der Waals surface area (Å²) in [4.78, 5) is 14.0. The van der Waals surface area contributed by atoms with Gasteiger partial charge in [-0.05, 0) is 50.5 Å². The fourth-order valence-corrected chi connectivity index (χ4v) is 2.37. The van der Waals surface area contributed by atoms with Crippen LogP contribution in [0.3, 0.4) is 0 Å². The monoisotopic (exact) mass is 271 g/mol. The molecule has 1 aromatic rings. The molecule has 0 aliphatic carbocycles. The van der Waals surface area contributed by atoms with Crippen LogP contribution in [0.25, 0.3) is 0 Å². The number of rotatable bonds is 1. The summed E-state index contributed by atoms with van der Waals surface area (Å²) in [7, 11) is 0. The summed E-state index contributed by atoms with van der Waals surface area (Å²) in [6.07, 6.45) is -1.36. The summed E-state index contributed by atoms with van der Waals surface area (Å²) >= 11 is 0. The summed E-state index contributed by atoms with van der Waals surface area (Å²) < 4.78 is 37.3. The lowest BCUT2D eigenvalue weighted by atomic mass is 10.0. The predicted molar refractivity (Wildman–Crippen MR) is 65.8 cm³/mol. The fraction of sp³-hybridized carbons (Fsp3) is 0.500. The molecule has 0 saturated carbocycles. The molecule has 0 spiro atoms. The van der Waals surface area contributed by atoms with E-state index in [2.05, 4.69) is 0 Å². The van der Waals surface area contributed by atoms with E-state index in [1.54, 1.807) is 4.90 Å². The lowest BCUT2D eigenvalue weighted by molar-refractivity contribution is -0.137. The molecule has 0 N–H and O–H groups in total. The van der Waals surface area contributed by atoms with Crippen LogP contribution in [0.4, 0.5) is 13.2 Å². The molecule has 0 unspecified atom stereocenters. The molecule has 1 aromatic carbocycles. The molecule has 0 radical (unpaired) electrons. The minimum atomic E-state index is -4.36. The second kappa shape index (κ2) is 5.23. The molecular weight excluding hydrogens is 255 g/mol. The molecule has 0 bridgehead atoms. The highest BCUT2D eigenvalue weighted by atomic mass is 19.4. The molecule has 1 aliphatic rings. The lowest BCUT2D eigenvalue weighted by Gasteiger charge is -2.33. The van der Waals surface area contributed by atoms with Gasteiger partial charge in [0.1, 0.15) is 0 Å². The topological polar surface area (TPSA) is 20.3 Å². The summed E-state index contributed by atoms with van der Waals surface area (Å²) in [5, 5.41) is 0. The molecule has 1 saturated heterocycles. The number of piperidine rings is 1. The van der Waals surface area contributed by atoms with Crippen molar-refractivity contribution in [1.82, 2.24) is 4.90 Å². The van der Waals surface area contributed by atoms with Gasteiger partial charge in [0, 0.05) is 18.2 Å². The number of alkyl halides is 3. The maximum Gasteiger partial charge on any atom is 0.416 e. The average Bonchev–Trinajstić information content (AvgIpc) is 2.38. The normalized spacial score (nSPS) is 20.4. The van der Waals surface area contributed by atoms with Crippen molar-refractivity contribution in [3.8, 4) is 0 Å². The SMILES string of the molecule is C[C@H]1CCCCN1C(=O)c1ccc(C(F)(F)F)cc1. The van der Waals surface area contributed by atoms with E-state index in [0.29, 0.717) is 12.1 Å². The van der Waals surface area contributed by atoms with Gasteiger partial charge >= 0.3 is 6.18 Å². The first-order valence-electron chi connectivity index (χ1n) is 6.38. The number of carbonyl (C=O) groups is 1. The Labute approximate surface area is 110 Å². The molecule has 1 aliphatic heterocycles. The lowest BCUT2D eigenvalue weighted by Crippen LogP contribution is -2.42. The van der Waals surface area contributed by atoms with Crippen LogP contribution in [-0.2, 0) is 6.18 Å². The van der Waals surface area contributed by atoms with Crippen molar-refractivity contribution in [1.29, 1.82) is 0 Å². The van der Waals surface area contributed by atoms with Gasteiger partial charge < -0.3 is 4.90 Å². The van der Waals surface area contributed by atoms with Crippen molar-refractivity contribution >= 4 is 5.91 Å². The minimum Gasteiger partial charge on any atom is -0.336 e. The Bertz CT molecular complexity index is 453. The van der Waals surface area contributed by atoms with E-state index in [1.807, 2.05) is 6.92 Å². The first kappa shape index (κ1) is 13.9. The Hall–Kier alpha value is -1.52. The van der Waals surface area contributed by atoms with Gasteiger partial charge in [-0.15, -0.1) is 0 Å². The molecule has 2 nitrogen and oxygen atoms in total. The van der Waals surface area contributed by atoms with Crippen molar-refractivity contribution in [2.24, 2.45) is 0 Å². The number of amides is 1. The van der Waals surface area contributed by atoms with Crippen LogP contribution < -0.4 is 0 Å². The minimum absolute atomic E-state index is 0.156. The summed E-state index contributed by atoms with van der Waals surface area (Å²) in [6, 6.07) is 4.59. The first-order valence-corrected chi connectivity index (χ1v) is 6.38. The quantitative estimate of drug-likeness (QED) is 0.762. The zero-order valence-corrected chi connectivity index (χ0v) is 10.7. The smallest absolute Gasteiger partial charge is 0.336 e. The second-order valence-electron chi connectivity index (χ2n) is 4.92. The Morgan fingerprint density at radius 1 is 1.21 bits per heavy atom. The molecule has 0 aromatic heterocycles. The highest BCUT2D eigenvalue weighted by Crippen LogP contribution is 2.29. The summed E-state index contributed by atoms with van der Waals surface area (Å²) in [5.41, 5.74) is -0.405. The van der Waals surface area contributed by atoms with Crippen molar-refractivity contribution in [2.45, 2.75) is 38.4 Å². The Balaban J connectivity index is 2.15. The van der Waals surface area contributed by atoms with E-state index in [0.717, 1.165) is 31.4 Å². The third kappa shape index (κ3) is 3.08. The number of carbonyl (C=O) groups excluding carboxylic acids is 1. The van der Waals surface area contributed by atoms with Gasteiger partial charge in [0.15, 0.2) is 0 Å². The molecule has 1 amide bonds. The summed E-state index contributed by atoms with van der Waals surface area (Å²) in [5.74, 6) is -0.180. The molecule has 104 valence electrons. The fourth-order valence-electron chi connectivity index (χ4n) is 2.37. The van der Waals surface area contributed by atoms with Crippen LogP contribution in [-0.4, -0.2) is 23.4 Å². The molecule has 2 rings (SSSR count). The molecule has 19 heavy (non-hydrogen) atoms. The van der Waals surface area contributed by atoms with E-state index >= 15 is 0 Å². The number of nitrogens with zero attached hydrogens (tertiary/aromatic N) is 1. The Morgan fingerprint density at radius 2 is 1.84 bits per heavy atom. The van der Waals surface area contributed by atoms with E-state index in [1.165, 1.54) is 12.1 Å². The number of halogens is 3. The van der Waals surface area contributed by atoms with Crippen LogP contribution in [0.1, 0.15) is 42.1 Å². The van der Waals surface area contributed by atoms with Crippen LogP contribution in [0.2, 0.25) is 0 Å². The van der Waals surface area contributed by atoms with Gasteiger partial charge in [-0.1, -0.05) is 0 Å². The Morgan fingerprint density at radius 3 is 2.37 bits per heavy atom. The predicted octanol–water partition coefficient (Wildman–Crippen LogP) is 3.72. The molecule has 5 heteroatoms. The van der Waals surface area contributed by atoms with Gasteiger partial charge in [0.05, 0.1) is 5.56 Å². The maximum absolute atomic E-state index is 12.4. The maximum atomic E-state index is 12.4. The number of likely N-dealkylation sites (tertiary alicyclic amines) is 1. The third-order valence-electron chi connectivity index (χ3n) is 3.52. The van der Waals surface area contributed by atoms with Crippen LogP contribution in [0.5, 0.6) is 0 Å². The van der Waals surface area contributed by atoms with Gasteiger partial charge in [0.25, 0.3) is 5.91 Å². The van der Waals surface area contributed by atoms with E-state index in [-0.39, 0.29) is 11.9 Å². The standard InChI is InChI=1S/C14H16F3NO/c1-10-4-2-3-9-18(10)13(19)11-5-7-12(8-6-11)14(15,16)17/h5-8,10H,2-4,9H2,1H3/t10-/m0/s1. The van der Waals surface area contributed by atoms with Gasteiger partial charge in [-0.25, -0.2) is 0 Å². The molecule has 1 fully saturated rings. The molecule has 1 heterocycles. The van der Waals surface area contributed by atoms with Crippen LogP contribution >= 0.6 is 0 Å². The zero-order chi connectivity index (χ0) is 14.0. The van der Waals surface area contributed by atoms with Gasteiger partial charge in [0.2, 0.25) is 0 Å². The number of hydrogen-bond donors (Lipinski definition) is 0. The third-order valence-corrected chi connectivity index (χ3v) is 3.52. The number of hydrogen-bond acceptors (Lipinski definition) is 1. The highest BCUT2D eigenvalue weighted by molar-refractivity contribution is 5.94. The van der Waals surface area contributed by atoms with E-state index in [9.17, 15) is 18.0 Å². The molecule has 1 atom stereocenters. The number of benzene rings is 1. The molecular formula is C14H16F3NO. The Kier molecular flexibility index (Phi) is 3.83. The summed E-state index contributed by atoms with van der Waals surface area (Å²) in [6.45, 7) is 2.65.